The highest BCUT2D eigenvalue weighted by atomic mass is 32.1. The number of thiazole rings is 1. The summed E-state index contributed by atoms with van der Waals surface area (Å²) in [7, 11) is 1.96. The molecule has 2 aromatic heterocycles. The number of hydrogen-bond donors (Lipinski definition) is 2. The monoisotopic (exact) mass is 386 g/mol. The number of nitrogens with one attached hydrogen (secondary N) is 2. The van der Waals surface area contributed by atoms with Crippen molar-refractivity contribution in [2.75, 3.05) is 32.0 Å². The topological polar surface area (TPSA) is 57.3 Å². The van der Waals surface area contributed by atoms with Crippen LogP contribution in [0.3, 0.4) is 0 Å². The fraction of sp³-hybridized carbons (Fsp3) is 0.368. The molecule has 7 heteroatoms. The van der Waals surface area contributed by atoms with E-state index in [4.69, 9.17) is 0 Å². The van der Waals surface area contributed by atoms with Gasteiger partial charge in [0.05, 0.1) is 9.58 Å². The highest BCUT2D eigenvalue weighted by Crippen LogP contribution is 2.35. The number of aryl methyl sites for hydroxylation is 1. The zero-order chi connectivity index (χ0) is 18.1. The lowest BCUT2D eigenvalue weighted by atomic mass is 10.1. The SMILES string of the molecule is CNCC1CCN(C(=O)c2cc3sc(Nc4ccccc4C)nc3s2)C1. The second-order valence-electron chi connectivity index (χ2n) is 6.70. The van der Waals surface area contributed by atoms with Crippen molar-refractivity contribution >= 4 is 48.9 Å². The van der Waals surface area contributed by atoms with Gasteiger partial charge < -0.3 is 15.5 Å². The number of rotatable bonds is 5. The van der Waals surface area contributed by atoms with Gasteiger partial charge in [0, 0.05) is 18.8 Å². The largest absolute Gasteiger partial charge is 0.338 e. The van der Waals surface area contributed by atoms with Crippen LogP contribution < -0.4 is 10.6 Å². The number of carbonyl (C=O) groups excluding carboxylic acids is 1. The van der Waals surface area contributed by atoms with Crippen molar-refractivity contribution in [3.8, 4) is 0 Å². The van der Waals surface area contributed by atoms with Gasteiger partial charge in [-0.1, -0.05) is 29.5 Å². The number of para-hydroxylation sites is 1. The van der Waals surface area contributed by atoms with E-state index in [2.05, 4.69) is 34.7 Å². The van der Waals surface area contributed by atoms with Crippen molar-refractivity contribution < 1.29 is 4.79 Å². The number of likely N-dealkylation sites (tertiary alicyclic amines) is 1. The molecule has 0 bridgehead atoms. The van der Waals surface area contributed by atoms with Crippen molar-refractivity contribution in [3.05, 3.63) is 40.8 Å². The summed E-state index contributed by atoms with van der Waals surface area (Å²) in [5.41, 5.74) is 2.25. The molecular weight excluding hydrogens is 364 g/mol. The number of thiophene rings is 1. The highest BCUT2D eigenvalue weighted by Gasteiger charge is 2.27. The van der Waals surface area contributed by atoms with Crippen LogP contribution in [-0.2, 0) is 0 Å². The van der Waals surface area contributed by atoms with E-state index in [1.807, 2.05) is 30.1 Å². The Bertz CT molecular complexity index is 901. The fourth-order valence-corrected chi connectivity index (χ4v) is 5.45. The maximum atomic E-state index is 12.8. The molecule has 1 atom stereocenters. The molecular formula is C19H22N4OS2. The summed E-state index contributed by atoms with van der Waals surface area (Å²) in [6.07, 6.45) is 1.08. The Morgan fingerprint density at radius 2 is 2.19 bits per heavy atom. The summed E-state index contributed by atoms with van der Waals surface area (Å²) in [6, 6.07) is 10.2. The van der Waals surface area contributed by atoms with E-state index in [-0.39, 0.29) is 5.91 Å². The van der Waals surface area contributed by atoms with E-state index >= 15 is 0 Å². The highest BCUT2D eigenvalue weighted by molar-refractivity contribution is 7.29. The smallest absolute Gasteiger partial charge is 0.264 e. The Balaban J connectivity index is 1.48. The summed E-state index contributed by atoms with van der Waals surface area (Å²) in [5.74, 6) is 0.709. The minimum atomic E-state index is 0.146. The number of benzene rings is 1. The number of nitrogens with zero attached hydrogens (tertiary/aromatic N) is 2. The van der Waals surface area contributed by atoms with Gasteiger partial charge in [0.15, 0.2) is 5.13 Å². The fourth-order valence-electron chi connectivity index (χ4n) is 3.35. The summed E-state index contributed by atoms with van der Waals surface area (Å²) in [4.78, 5) is 21.1. The van der Waals surface area contributed by atoms with E-state index in [0.29, 0.717) is 5.92 Å². The van der Waals surface area contributed by atoms with Gasteiger partial charge in [-0.25, -0.2) is 4.98 Å². The van der Waals surface area contributed by atoms with E-state index in [1.54, 1.807) is 11.3 Å². The van der Waals surface area contributed by atoms with Crippen molar-refractivity contribution in [1.82, 2.24) is 15.2 Å². The van der Waals surface area contributed by atoms with E-state index < -0.39 is 0 Å². The number of fused-ring (bicyclic) bond motifs is 1. The molecule has 136 valence electrons. The lowest BCUT2D eigenvalue weighted by Crippen LogP contribution is -2.29. The Hall–Kier alpha value is -1.96. The standard InChI is InChI=1S/C19H22N4OS2/c1-12-5-3-4-6-14(12)21-19-22-17-15(26-19)9-16(25-17)18(24)23-8-7-13(11-23)10-20-2/h3-6,9,13,20H,7-8,10-11H2,1-2H3,(H,21,22). The zero-order valence-corrected chi connectivity index (χ0v) is 16.5. The van der Waals surface area contributed by atoms with Crippen molar-refractivity contribution in [3.63, 3.8) is 0 Å². The van der Waals surface area contributed by atoms with E-state index in [1.165, 1.54) is 16.9 Å². The quantitative estimate of drug-likeness (QED) is 0.693. The molecule has 1 aliphatic heterocycles. The second-order valence-corrected chi connectivity index (χ2v) is 8.76. The van der Waals surface area contributed by atoms with Gasteiger partial charge in [0.1, 0.15) is 4.83 Å². The molecule has 1 fully saturated rings. The third kappa shape index (κ3) is 3.47. The molecule has 3 aromatic rings. The van der Waals surface area contributed by atoms with Crippen LogP contribution in [0.15, 0.2) is 30.3 Å². The average molecular weight is 387 g/mol. The molecule has 1 aliphatic rings. The van der Waals surface area contributed by atoms with Crippen LogP contribution in [0.2, 0.25) is 0 Å². The van der Waals surface area contributed by atoms with Gasteiger partial charge >= 0.3 is 0 Å². The van der Waals surface area contributed by atoms with E-state index in [9.17, 15) is 4.79 Å². The Morgan fingerprint density at radius 1 is 1.35 bits per heavy atom. The first-order valence-corrected chi connectivity index (χ1v) is 10.4. The summed E-state index contributed by atoms with van der Waals surface area (Å²) < 4.78 is 1.07. The van der Waals surface area contributed by atoms with Crippen LogP contribution in [-0.4, -0.2) is 42.5 Å². The maximum absolute atomic E-state index is 12.8. The normalized spacial score (nSPS) is 17.2. The van der Waals surface area contributed by atoms with Crippen LogP contribution in [0.1, 0.15) is 21.7 Å². The van der Waals surface area contributed by atoms with Gasteiger partial charge in [-0.15, -0.1) is 11.3 Å². The van der Waals surface area contributed by atoms with Crippen LogP contribution in [0.25, 0.3) is 9.53 Å². The summed E-state index contributed by atoms with van der Waals surface area (Å²) in [5, 5.41) is 7.46. The lowest BCUT2D eigenvalue weighted by molar-refractivity contribution is 0.0792. The molecule has 0 spiro atoms. The van der Waals surface area contributed by atoms with Crippen molar-refractivity contribution in [2.24, 2.45) is 5.92 Å². The maximum Gasteiger partial charge on any atom is 0.264 e. The molecule has 26 heavy (non-hydrogen) atoms. The van der Waals surface area contributed by atoms with Crippen LogP contribution in [0, 0.1) is 12.8 Å². The third-order valence-electron chi connectivity index (χ3n) is 4.75. The summed E-state index contributed by atoms with van der Waals surface area (Å²) in [6.45, 7) is 4.74. The Morgan fingerprint density at radius 3 is 2.96 bits per heavy atom. The molecule has 5 nitrogen and oxygen atoms in total. The molecule has 1 saturated heterocycles. The number of carbonyl (C=O) groups is 1. The minimum absolute atomic E-state index is 0.146. The predicted octanol–water partition coefficient (Wildman–Crippen LogP) is 4.09. The molecule has 3 heterocycles. The first-order valence-electron chi connectivity index (χ1n) is 8.81. The number of anilines is 2. The minimum Gasteiger partial charge on any atom is -0.338 e. The van der Waals surface area contributed by atoms with Gasteiger partial charge in [0.2, 0.25) is 0 Å². The first kappa shape index (κ1) is 17.5. The molecule has 4 rings (SSSR count). The Kier molecular flexibility index (Phi) is 4.93. The van der Waals surface area contributed by atoms with Gasteiger partial charge in [-0.2, -0.15) is 0 Å². The molecule has 0 aliphatic carbocycles. The number of aromatic nitrogens is 1. The van der Waals surface area contributed by atoms with Gasteiger partial charge in [-0.3, -0.25) is 4.79 Å². The Labute approximate surface area is 161 Å². The van der Waals surface area contributed by atoms with Crippen molar-refractivity contribution in [2.45, 2.75) is 13.3 Å². The molecule has 2 N–H and O–H groups in total. The molecule has 1 unspecified atom stereocenters. The molecule has 0 saturated carbocycles. The molecule has 1 aromatic carbocycles. The number of amides is 1. The zero-order valence-electron chi connectivity index (χ0n) is 14.9. The number of hydrogen-bond acceptors (Lipinski definition) is 6. The van der Waals surface area contributed by atoms with Crippen LogP contribution in [0.5, 0.6) is 0 Å². The second kappa shape index (κ2) is 7.34. The van der Waals surface area contributed by atoms with E-state index in [0.717, 1.165) is 51.3 Å². The average Bonchev–Trinajstić information content (AvgIpc) is 3.31. The first-order chi connectivity index (χ1) is 12.6. The third-order valence-corrected chi connectivity index (χ3v) is 6.82. The van der Waals surface area contributed by atoms with Gasteiger partial charge in [-0.05, 0) is 50.6 Å². The summed E-state index contributed by atoms with van der Waals surface area (Å²) >= 11 is 3.09. The van der Waals surface area contributed by atoms with Gasteiger partial charge in [0.25, 0.3) is 5.91 Å². The molecule has 1 amide bonds. The predicted molar refractivity (Wildman–Crippen MR) is 110 cm³/mol. The van der Waals surface area contributed by atoms with Crippen LogP contribution >= 0.6 is 22.7 Å². The lowest BCUT2D eigenvalue weighted by Gasteiger charge is -2.15. The van der Waals surface area contributed by atoms with Crippen molar-refractivity contribution in [1.29, 1.82) is 0 Å². The molecule has 0 radical (unpaired) electrons. The van der Waals surface area contributed by atoms with Crippen LogP contribution in [0.4, 0.5) is 10.8 Å².